The van der Waals surface area contributed by atoms with Crippen LogP contribution in [0.3, 0.4) is 0 Å². The molecule has 92 valence electrons. The fraction of sp³-hybridized carbons (Fsp3) is 0.692. The van der Waals surface area contributed by atoms with Gasteiger partial charge in [0.25, 0.3) is 5.92 Å². The number of allylic oxidation sites excluding steroid dienone is 1. The molecule has 0 aliphatic rings. The average molecular weight is 230 g/mol. The first-order valence-corrected chi connectivity index (χ1v) is 5.78. The van der Waals surface area contributed by atoms with E-state index in [1.807, 2.05) is 5.73 Å². The summed E-state index contributed by atoms with van der Waals surface area (Å²) in [4.78, 5) is 11.2. The van der Waals surface area contributed by atoms with Crippen molar-refractivity contribution in [1.29, 1.82) is 0 Å². The summed E-state index contributed by atoms with van der Waals surface area (Å²) in [5.41, 5.74) is 2.02. The Balaban J connectivity index is 3.70. The number of unbranched alkanes of at least 4 members (excludes halogenated alkanes) is 4. The zero-order valence-corrected chi connectivity index (χ0v) is 9.90. The van der Waals surface area contributed by atoms with E-state index in [-0.39, 0.29) is 12.2 Å². The Kier molecular flexibility index (Phi) is 7.74. The predicted octanol–water partition coefficient (Wildman–Crippen LogP) is 4.28. The Morgan fingerprint density at radius 2 is 1.94 bits per heavy atom. The maximum absolute atomic E-state index is 12.9. The van der Waals surface area contributed by atoms with Crippen molar-refractivity contribution in [3.05, 3.63) is 18.4 Å². The highest BCUT2D eigenvalue weighted by atomic mass is 19.3. The molecule has 3 heteroatoms. The van der Waals surface area contributed by atoms with E-state index in [1.54, 1.807) is 0 Å². The van der Waals surface area contributed by atoms with Crippen LogP contribution in [-0.2, 0) is 4.79 Å². The van der Waals surface area contributed by atoms with Crippen molar-refractivity contribution >= 4 is 5.78 Å². The van der Waals surface area contributed by atoms with E-state index in [0.29, 0.717) is 12.5 Å². The van der Waals surface area contributed by atoms with Gasteiger partial charge in [0, 0.05) is 12.5 Å². The highest BCUT2D eigenvalue weighted by Gasteiger charge is 2.28. The van der Waals surface area contributed by atoms with Gasteiger partial charge in [-0.05, 0) is 6.42 Å². The van der Waals surface area contributed by atoms with Crippen molar-refractivity contribution in [2.75, 3.05) is 0 Å². The molecular weight excluding hydrogens is 210 g/mol. The van der Waals surface area contributed by atoms with Crippen LogP contribution in [0, 0.1) is 0 Å². The molecule has 0 aliphatic heterocycles. The standard InChI is InChI=1S/C13H20F2O/c1-3-5-6-7-8-9-12(16)11-13(14,15)10-4-2/h10H,2-3,5-9,11H2,1H3. The van der Waals surface area contributed by atoms with Crippen molar-refractivity contribution in [2.45, 2.75) is 57.8 Å². The summed E-state index contributed by atoms with van der Waals surface area (Å²) in [7, 11) is 0. The van der Waals surface area contributed by atoms with Crippen LogP contribution < -0.4 is 0 Å². The predicted molar refractivity (Wildman–Crippen MR) is 61.7 cm³/mol. The fourth-order valence-electron chi connectivity index (χ4n) is 1.48. The SMILES string of the molecule is C=C=CC(F)(F)CC(=O)CCCCCCC. The van der Waals surface area contributed by atoms with Crippen molar-refractivity contribution in [2.24, 2.45) is 0 Å². The molecule has 0 N–H and O–H groups in total. The summed E-state index contributed by atoms with van der Waals surface area (Å²) in [5.74, 6) is -3.46. The molecular formula is C13H20F2O. The number of hydrogen-bond donors (Lipinski definition) is 0. The summed E-state index contributed by atoms with van der Waals surface area (Å²) >= 11 is 0. The smallest absolute Gasteiger partial charge is 0.280 e. The maximum Gasteiger partial charge on any atom is 0.280 e. The molecule has 0 aromatic rings. The van der Waals surface area contributed by atoms with Gasteiger partial charge in [-0.1, -0.05) is 39.2 Å². The second kappa shape index (κ2) is 8.23. The lowest BCUT2D eigenvalue weighted by molar-refractivity contribution is -0.123. The Morgan fingerprint density at radius 3 is 2.50 bits per heavy atom. The Bertz CT molecular complexity index is 253. The van der Waals surface area contributed by atoms with E-state index in [0.717, 1.165) is 25.7 Å². The summed E-state index contributed by atoms with van der Waals surface area (Å²) in [6.07, 6.45) is 5.11. The molecule has 0 saturated heterocycles. The molecule has 16 heavy (non-hydrogen) atoms. The van der Waals surface area contributed by atoms with Crippen LogP contribution >= 0.6 is 0 Å². The zero-order chi connectivity index (χ0) is 12.4. The number of alkyl halides is 2. The molecule has 0 bridgehead atoms. The number of Topliss-reactive ketones (excluding diaryl/α,β-unsaturated/α-hetero) is 1. The van der Waals surface area contributed by atoms with Gasteiger partial charge < -0.3 is 0 Å². The molecule has 0 atom stereocenters. The molecule has 0 radical (unpaired) electrons. The normalized spacial score (nSPS) is 10.9. The number of ketones is 1. The van der Waals surface area contributed by atoms with Gasteiger partial charge in [0.1, 0.15) is 5.78 Å². The molecule has 0 aromatic carbocycles. The highest BCUT2D eigenvalue weighted by Crippen LogP contribution is 2.21. The van der Waals surface area contributed by atoms with E-state index < -0.39 is 12.3 Å². The fourth-order valence-corrected chi connectivity index (χ4v) is 1.48. The topological polar surface area (TPSA) is 17.1 Å². The van der Waals surface area contributed by atoms with Gasteiger partial charge in [0.15, 0.2) is 0 Å². The number of carbonyl (C=O) groups excluding carboxylic acids is 1. The second-order valence-corrected chi connectivity index (χ2v) is 3.99. The Labute approximate surface area is 96.2 Å². The quantitative estimate of drug-likeness (QED) is 0.426. The van der Waals surface area contributed by atoms with Gasteiger partial charge in [-0.15, -0.1) is 5.73 Å². The third-order valence-corrected chi connectivity index (χ3v) is 2.31. The molecule has 0 aliphatic carbocycles. The number of halogens is 2. The van der Waals surface area contributed by atoms with Crippen LogP contribution in [-0.4, -0.2) is 11.7 Å². The molecule has 0 aromatic heterocycles. The molecule has 0 unspecified atom stereocenters. The number of rotatable bonds is 9. The first-order valence-electron chi connectivity index (χ1n) is 5.78. The van der Waals surface area contributed by atoms with E-state index in [4.69, 9.17) is 0 Å². The molecule has 0 heterocycles. The van der Waals surface area contributed by atoms with Crippen LogP contribution in [0.15, 0.2) is 18.4 Å². The number of hydrogen-bond acceptors (Lipinski definition) is 1. The largest absolute Gasteiger partial charge is 0.299 e. The van der Waals surface area contributed by atoms with Crippen molar-refractivity contribution in [1.82, 2.24) is 0 Å². The van der Waals surface area contributed by atoms with Crippen LogP contribution in [0.4, 0.5) is 8.78 Å². The molecule has 0 fully saturated rings. The third kappa shape index (κ3) is 8.37. The summed E-state index contributed by atoms with van der Waals surface area (Å²) < 4.78 is 25.9. The van der Waals surface area contributed by atoms with Gasteiger partial charge in [0.05, 0.1) is 6.42 Å². The van der Waals surface area contributed by atoms with Crippen molar-refractivity contribution in [3.8, 4) is 0 Å². The summed E-state index contributed by atoms with van der Waals surface area (Å²) in [5, 5.41) is 0. The van der Waals surface area contributed by atoms with Gasteiger partial charge in [-0.25, -0.2) is 8.78 Å². The zero-order valence-electron chi connectivity index (χ0n) is 9.90. The van der Waals surface area contributed by atoms with Gasteiger partial charge >= 0.3 is 0 Å². The summed E-state index contributed by atoms with van der Waals surface area (Å²) in [6.45, 7) is 5.18. The van der Waals surface area contributed by atoms with Crippen LogP contribution in [0.5, 0.6) is 0 Å². The van der Waals surface area contributed by atoms with Crippen LogP contribution in [0.2, 0.25) is 0 Å². The monoisotopic (exact) mass is 230 g/mol. The van der Waals surface area contributed by atoms with E-state index in [2.05, 4.69) is 13.5 Å². The van der Waals surface area contributed by atoms with Crippen molar-refractivity contribution in [3.63, 3.8) is 0 Å². The van der Waals surface area contributed by atoms with Gasteiger partial charge in [0.2, 0.25) is 0 Å². The minimum absolute atomic E-state index is 0.254. The molecule has 0 saturated carbocycles. The molecule has 0 amide bonds. The lowest BCUT2D eigenvalue weighted by Gasteiger charge is -2.09. The first kappa shape index (κ1) is 15.0. The minimum atomic E-state index is -3.08. The second-order valence-electron chi connectivity index (χ2n) is 3.99. The van der Waals surface area contributed by atoms with Crippen LogP contribution in [0.1, 0.15) is 51.9 Å². The highest BCUT2D eigenvalue weighted by molar-refractivity contribution is 5.79. The maximum atomic E-state index is 12.9. The lowest BCUT2D eigenvalue weighted by Crippen LogP contribution is -2.17. The minimum Gasteiger partial charge on any atom is -0.299 e. The van der Waals surface area contributed by atoms with E-state index in [1.165, 1.54) is 0 Å². The molecule has 1 nitrogen and oxygen atoms in total. The van der Waals surface area contributed by atoms with E-state index >= 15 is 0 Å². The van der Waals surface area contributed by atoms with Crippen LogP contribution in [0.25, 0.3) is 0 Å². The van der Waals surface area contributed by atoms with E-state index in [9.17, 15) is 13.6 Å². The Morgan fingerprint density at radius 1 is 1.31 bits per heavy atom. The number of carbonyl (C=O) groups is 1. The third-order valence-electron chi connectivity index (χ3n) is 2.31. The molecule has 0 rings (SSSR count). The Hall–Kier alpha value is -0.950. The molecule has 0 spiro atoms. The van der Waals surface area contributed by atoms with Gasteiger partial charge in [-0.2, -0.15) is 0 Å². The first-order chi connectivity index (χ1) is 7.52. The van der Waals surface area contributed by atoms with Crippen molar-refractivity contribution < 1.29 is 13.6 Å². The summed E-state index contributed by atoms with van der Waals surface area (Å²) in [6, 6.07) is 0. The van der Waals surface area contributed by atoms with Gasteiger partial charge in [-0.3, -0.25) is 4.79 Å². The average Bonchev–Trinajstić information content (AvgIpc) is 2.16. The lowest BCUT2D eigenvalue weighted by atomic mass is 10.0.